The summed E-state index contributed by atoms with van der Waals surface area (Å²) in [6.45, 7) is 7.12. The summed E-state index contributed by atoms with van der Waals surface area (Å²) in [5.41, 5.74) is 6.70. The lowest BCUT2D eigenvalue weighted by Crippen LogP contribution is -2.28. The second-order valence-corrected chi connectivity index (χ2v) is 9.86. The number of nitrogens with zero attached hydrogens (tertiary/aromatic N) is 1. The number of hydrogen-bond acceptors (Lipinski definition) is 8. The molecule has 4 aromatic rings. The molecule has 2 amide bonds. The molecular formula is C31H34F2N4O5S. The molecule has 0 fully saturated rings. The molecule has 0 saturated carbocycles. The van der Waals surface area contributed by atoms with Gasteiger partial charge in [0.2, 0.25) is 6.41 Å². The third kappa shape index (κ3) is 10.1. The van der Waals surface area contributed by atoms with Crippen LogP contribution in [0, 0.1) is 18.6 Å². The molecule has 4 N–H and O–H groups in total. The second-order valence-electron chi connectivity index (χ2n) is 8.95. The van der Waals surface area contributed by atoms with E-state index in [-0.39, 0.29) is 35.7 Å². The van der Waals surface area contributed by atoms with Crippen LogP contribution in [0.2, 0.25) is 0 Å². The molecule has 12 heteroatoms. The van der Waals surface area contributed by atoms with Crippen molar-refractivity contribution in [3.63, 3.8) is 0 Å². The third-order valence-electron chi connectivity index (χ3n) is 5.79. The van der Waals surface area contributed by atoms with Crippen LogP contribution in [0.4, 0.5) is 20.2 Å². The summed E-state index contributed by atoms with van der Waals surface area (Å²) in [5, 5.41) is 7.52. The molecule has 4 rings (SSSR count). The first-order valence-corrected chi connectivity index (χ1v) is 14.4. The van der Waals surface area contributed by atoms with E-state index < -0.39 is 11.6 Å². The molecule has 0 unspecified atom stereocenters. The van der Waals surface area contributed by atoms with E-state index in [1.54, 1.807) is 42.6 Å². The Bertz CT molecular complexity index is 1490. The van der Waals surface area contributed by atoms with Crippen LogP contribution in [0.25, 0.3) is 11.3 Å². The molecule has 2 aromatic heterocycles. The SMILES string of the molecule is CCOC(CCNC(=O)c1cc(-c2cc(Oc3ccc(Nc4cc(C)ccc4F)c(F)c3)ccn2)cs1)OCC.NC=O. The van der Waals surface area contributed by atoms with E-state index >= 15 is 0 Å². The van der Waals surface area contributed by atoms with Crippen LogP contribution >= 0.6 is 11.3 Å². The number of primary amides is 1. The number of nitrogens with two attached hydrogens (primary N) is 1. The molecule has 0 atom stereocenters. The average Bonchev–Trinajstić information content (AvgIpc) is 3.48. The van der Waals surface area contributed by atoms with Crippen molar-refractivity contribution in [3.05, 3.63) is 88.2 Å². The summed E-state index contributed by atoms with van der Waals surface area (Å²) in [7, 11) is 0. The zero-order valence-electron chi connectivity index (χ0n) is 24.1. The number of nitrogens with one attached hydrogen (secondary N) is 2. The Morgan fingerprint density at radius 1 is 1.00 bits per heavy atom. The van der Waals surface area contributed by atoms with Gasteiger partial charge in [-0.1, -0.05) is 6.07 Å². The minimum absolute atomic E-state index is 0.127. The molecule has 0 saturated heterocycles. The van der Waals surface area contributed by atoms with Crippen LogP contribution in [0.1, 0.15) is 35.5 Å². The third-order valence-corrected chi connectivity index (χ3v) is 6.72. The number of thiophene rings is 1. The van der Waals surface area contributed by atoms with Crippen molar-refractivity contribution in [2.45, 2.75) is 33.5 Å². The summed E-state index contributed by atoms with van der Waals surface area (Å²) in [5.74, 6) is -0.529. The van der Waals surface area contributed by atoms with Crippen LogP contribution in [0.5, 0.6) is 11.5 Å². The Balaban J connectivity index is 0.00000162. The van der Waals surface area contributed by atoms with E-state index in [0.29, 0.717) is 42.5 Å². The van der Waals surface area contributed by atoms with Crippen LogP contribution < -0.4 is 21.1 Å². The summed E-state index contributed by atoms with van der Waals surface area (Å²) in [4.78, 5) is 26.1. The molecule has 43 heavy (non-hydrogen) atoms. The minimum Gasteiger partial charge on any atom is -0.457 e. The fourth-order valence-corrected chi connectivity index (χ4v) is 4.69. The van der Waals surface area contributed by atoms with E-state index in [1.807, 2.05) is 26.2 Å². The number of pyridine rings is 1. The predicted molar refractivity (Wildman–Crippen MR) is 163 cm³/mol. The molecular weight excluding hydrogens is 578 g/mol. The second kappa shape index (κ2) is 16.9. The first-order valence-electron chi connectivity index (χ1n) is 13.5. The number of rotatable bonds is 13. The van der Waals surface area contributed by atoms with Crippen molar-refractivity contribution >= 4 is 35.0 Å². The van der Waals surface area contributed by atoms with Gasteiger partial charge >= 0.3 is 0 Å². The van der Waals surface area contributed by atoms with Crippen LogP contribution in [0.15, 0.2) is 66.2 Å². The van der Waals surface area contributed by atoms with E-state index in [9.17, 15) is 13.6 Å². The molecule has 0 bridgehead atoms. The molecule has 0 radical (unpaired) electrons. The number of amides is 2. The van der Waals surface area contributed by atoms with Gasteiger partial charge in [0.25, 0.3) is 5.91 Å². The largest absolute Gasteiger partial charge is 0.457 e. The van der Waals surface area contributed by atoms with Gasteiger partial charge in [0, 0.05) is 55.5 Å². The Morgan fingerprint density at radius 2 is 1.72 bits per heavy atom. The van der Waals surface area contributed by atoms with Crippen LogP contribution in [-0.4, -0.2) is 43.3 Å². The fourth-order valence-electron chi connectivity index (χ4n) is 3.88. The number of carbonyl (C=O) groups excluding carboxylic acids is 2. The van der Waals surface area contributed by atoms with Crippen molar-refractivity contribution in [2.75, 3.05) is 25.1 Å². The average molecular weight is 613 g/mol. The predicted octanol–water partition coefficient (Wildman–Crippen LogP) is 6.55. The number of aryl methyl sites for hydroxylation is 1. The number of halogens is 2. The number of hydrogen-bond donors (Lipinski definition) is 3. The summed E-state index contributed by atoms with van der Waals surface area (Å²) < 4.78 is 45.7. The number of anilines is 2. The summed E-state index contributed by atoms with van der Waals surface area (Å²) >= 11 is 1.31. The van der Waals surface area contributed by atoms with Crippen molar-refractivity contribution in [3.8, 4) is 22.8 Å². The lowest BCUT2D eigenvalue weighted by Gasteiger charge is -2.16. The van der Waals surface area contributed by atoms with Gasteiger partial charge in [-0.2, -0.15) is 0 Å². The van der Waals surface area contributed by atoms with Crippen molar-refractivity contribution in [1.82, 2.24) is 10.3 Å². The van der Waals surface area contributed by atoms with Gasteiger partial charge in [-0.3, -0.25) is 14.6 Å². The lowest BCUT2D eigenvalue weighted by atomic mass is 10.2. The molecule has 9 nitrogen and oxygen atoms in total. The van der Waals surface area contributed by atoms with E-state index in [1.165, 1.54) is 29.5 Å². The highest BCUT2D eigenvalue weighted by Crippen LogP contribution is 2.31. The van der Waals surface area contributed by atoms with Gasteiger partial charge in [-0.15, -0.1) is 11.3 Å². The van der Waals surface area contributed by atoms with Gasteiger partial charge in [0.05, 0.1) is 21.9 Å². The van der Waals surface area contributed by atoms with Gasteiger partial charge in [-0.05, 0) is 62.7 Å². The molecule has 0 aliphatic carbocycles. The van der Waals surface area contributed by atoms with Crippen molar-refractivity contribution in [1.29, 1.82) is 0 Å². The first kappa shape index (κ1) is 33.1. The lowest BCUT2D eigenvalue weighted by molar-refractivity contribution is -0.138. The maximum absolute atomic E-state index is 14.8. The Kier molecular flexibility index (Phi) is 13.0. The quantitative estimate of drug-likeness (QED) is 0.115. The molecule has 228 valence electrons. The molecule has 0 aliphatic heterocycles. The van der Waals surface area contributed by atoms with E-state index in [0.717, 1.165) is 11.1 Å². The van der Waals surface area contributed by atoms with Gasteiger partial charge < -0.3 is 30.6 Å². The highest BCUT2D eigenvalue weighted by Gasteiger charge is 2.14. The highest BCUT2D eigenvalue weighted by atomic mass is 32.1. The van der Waals surface area contributed by atoms with Gasteiger partial charge in [-0.25, -0.2) is 8.78 Å². The topological polar surface area (TPSA) is 125 Å². The van der Waals surface area contributed by atoms with Crippen molar-refractivity contribution < 1.29 is 32.6 Å². The monoisotopic (exact) mass is 612 g/mol. The van der Waals surface area contributed by atoms with Crippen molar-refractivity contribution in [2.24, 2.45) is 5.73 Å². The Hall–Kier alpha value is -4.39. The van der Waals surface area contributed by atoms with E-state index in [2.05, 4.69) is 21.4 Å². The molecule has 0 spiro atoms. The number of ether oxygens (including phenoxy) is 3. The summed E-state index contributed by atoms with van der Waals surface area (Å²) in [6.07, 6.45) is 2.03. The Morgan fingerprint density at radius 3 is 2.42 bits per heavy atom. The molecule has 0 aliphatic rings. The zero-order chi connectivity index (χ0) is 31.2. The normalized spacial score (nSPS) is 10.6. The highest BCUT2D eigenvalue weighted by molar-refractivity contribution is 7.12. The first-order chi connectivity index (χ1) is 20.8. The maximum atomic E-state index is 14.8. The summed E-state index contributed by atoms with van der Waals surface area (Å²) in [6, 6.07) is 14.0. The van der Waals surface area contributed by atoms with Gasteiger partial charge in [0.15, 0.2) is 6.29 Å². The number of carbonyl (C=O) groups is 2. The molecule has 2 heterocycles. The molecule has 2 aromatic carbocycles. The smallest absolute Gasteiger partial charge is 0.261 e. The fraction of sp³-hybridized carbons (Fsp3) is 0.258. The Labute approximate surface area is 253 Å². The van der Waals surface area contributed by atoms with Crippen LogP contribution in [0.3, 0.4) is 0 Å². The minimum atomic E-state index is -0.588. The van der Waals surface area contributed by atoms with E-state index in [4.69, 9.17) is 19.0 Å². The number of aromatic nitrogens is 1. The zero-order valence-corrected chi connectivity index (χ0v) is 24.9. The van der Waals surface area contributed by atoms with Gasteiger partial charge in [0.1, 0.15) is 23.1 Å². The number of benzene rings is 2. The van der Waals surface area contributed by atoms with Crippen LogP contribution in [-0.2, 0) is 14.3 Å². The standard InChI is InChI=1S/C30H31F2N3O4S.CH3NO/c1-4-37-29(38-5-2)11-13-34-30(36)28-15-20(18-40-28)26-17-22(10-12-33-26)39-21-7-9-25(24(32)16-21)35-27-14-19(3)6-8-23(27)31;2-1-3/h6-10,12,14-18,29,35H,4-5,11,13H2,1-3H3,(H,34,36);1H,(H2,2,3). The maximum Gasteiger partial charge on any atom is 0.261 e.